The number of hydrogen-bond donors (Lipinski definition) is 1. The van der Waals surface area contributed by atoms with Crippen LogP contribution in [-0.2, 0) is 4.79 Å². The summed E-state index contributed by atoms with van der Waals surface area (Å²) >= 11 is 0. The summed E-state index contributed by atoms with van der Waals surface area (Å²) in [7, 11) is 0. The van der Waals surface area contributed by atoms with E-state index >= 15 is 0 Å². The van der Waals surface area contributed by atoms with Crippen LogP contribution in [0.15, 0.2) is 18.2 Å². The van der Waals surface area contributed by atoms with Crippen LogP contribution in [0.25, 0.3) is 0 Å². The monoisotopic (exact) mass is 230 g/mol. The van der Waals surface area contributed by atoms with E-state index < -0.39 is 17.6 Å². The average molecular weight is 230 g/mol. The Bertz CT molecular complexity index is 366. The molecular formula is C11H12F2O3. The van der Waals surface area contributed by atoms with Gasteiger partial charge in [0.25, 0.3) is 0 Å². The first-order chi connectivity index (χ1) is 7.61. The third-order valence-corrected chi connectivity index (χ3v) is 1.96. The predicted octanol–water partition coefficient (Wildman–Crippen LogP) is 2.60. The highest BCUT2D eigenvalue weighted by Crippen LogP contribution is 2.19. The molecule has 1 N–H and O–H groups in total. The van der Waals surface area contributed by atoms with Crippen molar-refractivity contribution in [3.05, 3.63) is 29.8 Å². The number of unbranched alkanes of at least 4 members (excludes halogenated alkanes) is 1. The van der Waals surface area contributed by atoms with Crippen molar-refractivity contribution in [2.24, 2.45) is 0 Å². The standard InChI is InChI=1S/C11H12F2O3/c12-8-4-3-5-9(11(8)13)16-7-2-1-6-10(14)15/h3-5H,1-2,6-7H2,(H,14,15). The number of carbonyl (C=O) groups is 1. The van der Waals surface area contributed by atoms with Gasteiger partial charge in [-0.3, -0.25) is 4.79 Å². The molecular weight excluding hydrogens is 218 g/mol. The Morgan fingerprint density at radius 1 is 1.31 bits per heavy atom. The van der Waals surface area contributed by atoms with Crippen molar-refractivity contribution in [2.45, 2.75) is 19.3 Å². The molecule has 88 valence electrons. The molecule has 0 saturated heterocycles. The van der Waals surface area contributed by atoms with E-state index in [-0.39, 0.29) is 18.8 Å². The van der Waals surface area contributed by atoms with Gasteiger partial charge in [-0.1, -0.05) is 6.07 Å². The molecule has 0 unspecified atom stereocenters. The van der Waals surface area contributed by atoms with E-state index in [1.54, 1.807) is 0 Å². The second-order valence-electron chi connectivity index (χ2n) is 3.25. The summed E-state index contributed by atoms with van der Waals surface area (Å²) in [6, 6.07) is 3.69. The van der Waals surface area contributed by atoms with E-state index in [4.69, 9.17) is 9.84 Å². The normalized spacial score (nSPS) is 10.1. The van der Waals surface area contributed by atoms with Gasteiger partial charge in [0.2, 0.25) is 5.82 Å². The Hall–Kier alpha value is -1.65. The van der Waals surface area contributed by atoms with Crippen LogP contribution in [0.1, 0.15) is 19.3 Å². The molecule has 0 saturated carbocycles. The van der Waals surface area contributed by atoms with Gasteiger partial charge in [-0.05, 0) is 25.0 Å². The minimum absolute atomic E-state index is 0.0506. The van der Waals surface area contributed by atoms with Crippen molar-refractivity contribution in [3.8, 4) is 5.75 Å². The molecule has 0 aliphatic heterocycles. The summed E-state index contributed by atoms with van der Waals surface area (Å²) in [6.07, 6.45) is 0.990. The summed E-state index contributed by atoms with van der Waals surface area (Å²) in [5.41, 5.74) is 0. The molecule has 1 aromatic carbocycles. The zero-order valence-corrected chi connectivity index (χ0v) is 8.58. The minimum Gasteiger partial charge on any atom is -0.490 e. The van der Waals surface area contributed by atoms with Gasteiger partial charge in [0, 0.05) is 6.42 Å². The predicted molar refractivity (Wildman–Crippen MR) is 53.3 cm³/mol. The molecule has 1 rings (SSSR count). The van der Waals surface area contributed by atoms with Gasteiger partial charge in [-0.25, -0.2) is 4.39 Å². The first-order valence-electron chi connectivity index (χ1n) is 4.90. The maximum absolute atomic E-state index is 13.0. The zero-order chi connectivity index (χ0) is 12.0. The fourth-order valence-electron chi connectivity index (χ4n) is 1.16. The van der Waals surface area contributed by atoms with Crippen molar-refractivity contribution in [1.82, 2.24) is 0 Å². The third-order valence-electron chi connectivity index (χ3n) is 1.96. The molecule has 0 aliphatic carbocycles. The van der Waals surface area contributed by atoms with E-state index in [1.807, 2.05) is 0 Å². The summed E-state index contributed by atoms with van der Waals surface area (Å²) in [4.78, 5) is 10.2. The minimum atomic E-state index is -1.01. The largest absolute Gasteiger partial charge is 0.490 e. The summed E-state index contributed by atoms with van der Waals surface area (Å²) in [5.74, 6) is -2.99. The second kappa shape index (κ2) is 6.05. The molecule has 16 heavy (non-hydrogen) atoms. The van der Waals surface area contributed by atoms with Crippen molar-refractivity contribution in [2.75, 3.05) is 6.61 Å². The van der Waals surface area contributed by atoms with Gasteiger partial charge in [-0.2, -0.15) is 4.39 Å². The number of hydrogen-bond acceptors (Lipinski definition) is 2. The Balaban J connectivity index is 2.32. The van der Waals surface area contributed by atoms with Gasteiger partial charge in [0.15, 0.2) is 11.6 Å². The molecule has 0 radical (unpaired) electrons. The van der Waals surface area contributed by atoms with Crippen molar-refractivity contribution in [3.63, 3.8) is 0 Å². The average Bonchev–Trinajstić information content (AvgIpc) is 2.23. The molecule has 0 atom stereocenters. The highest BCUT2D eigenvalue weighted by atomic mass is 19.2. The summed E-state index contributed by atoms with van der Waals surface area (Å²) in [6.45, 7) is 0.174. The third kappa shape index (κ3) is 3.84. The van der Waals surface area contributed by atoms with Crippen LogP contribution in [0.3, 0.4) is 0 Å². The van der Waals surface area contributed by atoms with Gasteiger partial charge in [0.05, 0.1) is 6.61 Å². The number of carboxylic acid groups (broad SMARTS) is 1. The Morgan fingerprint density at radius 3 is 2.75 bits per heavy atom. The van der Waals surface area contributed by atoms with Crippen LogP contribution < -0.4 is 4.74 Å². The lowest BCUT2D eigenvalue weighted by atomic mass is 10.2. The molecule has 0 fully saturated rings. The number of benzene rings is 1. The zero-order valence-electron chi connectivity index (χ0n) is 8.58. The highest BCUT2D eigenvalue weighted by Gasteiger charge is 2.08. The fourth-order valence-corrected chi connectivity index (χ4v) is 1.16. The van der Waals surface area contributed by atoms with E-state index in [0.29, 0.717) is 12.8 Å². The number of rotatable bonds is 6. The molecule has 3 nitrogen and oxygen atoms in total. The molecule has 1 aromatic rings. The van der Waals surface area contributed by atoms with E-state index in [0.717, 1.165) is 6.07 Å². The summed E-state index contributed by atoms with van der Waals surface area (Å²) in [5, 5.41) is 8.36. The van der Waals surface area contributed by atoms with E-state index in [2.05, 4.69) is 0 Å². The van der Waals surface area contributed by atoms with Crippen molar-refractivity contribution in [1.29, 1.82) is 0 Å². The summed E-state index contributed by atoms with van der Waals surface area (Å²) < 4.78 is 30.8. The quantitative estimate of drug-likeness (QED) is 0.764. The smallest absolute Gasteiger partial charge is 0.303 e. The van der Waals surface area contributed by atoms with E-state index in [9.17, 15) is 13.6 Å². The molecule has 0 heterocycles. The van der Waals surface area contributed by atoms with Gasteiger partial charge >= 0.3 is 5.97 Å². The van der Waals surface area contributed by atoms with Crippen molar-refractivity contribution >= 4 is 5.97 Å². The SMILES string of the molecule is O=C(O)CCCCOc1cccc(F)c1F. The number of ether oxygens (including phenoxy) is 1. The fraction of sp³-hybridized carbons (Fsp3) is 0.364. The molecule has 0 amide bonds. The molecule has 0 aliphatic rings. The first kappa shape index (κ1) is 12.4. The van der Waals surface area contributed by atoms with Crippen LogP contribution >= 0.6 is 0 Å². The van der Waals surface area contributed by atoms with Crippen LogP contribution in [0.4, 0.5) is 8.78 Å². The van der Waals surface area contributed by atoms with Gasteiger partial charge in [0.1, 0.15) is 0 Å². The number of halogens is 2. The van der Waals surface area contributed by atoms with Crippen LogP contribution in [-0.4, -0.2) is 17.7 Å². The maximum atomic E-state index is 13.0. The van der Waals surface area contributed by atoms with Crippen LogP contribution in [0, 0.1) is 11.6 Å². The highest BCUT2D eigenvalue weighted by molar-refractivity contribution is 5.66. The lowest BCUT2D eigenvalue weighted by molar-refractivity contribution is -0.137. The van der Waals surface area contributed by atoms with Gasteiger partial charge in [-0.15, -0.1) is 0 Å². The first-order valence-corrected chi connectivity index (χ1v) is 4.90. The lowest BCUT2D eigenvalue weighted by Crippen LogP contribution is -2.02. The van der Waals surface area contributed by atoms with Crippen molar-refractivity contribution < 1.29 is 23.4 Å². The molecule has 0 bridgehead atoms. The van der Waals surface area contributed by atoms with Crippen LogP contribution in [0.5, 0.6) is 5.75 Å². The Morgan fingerprint density at radius 2 is 2.06 bits per heavy atom. The number of carboxylic acids is 1. The Kier molecular flexibility index (Phi) is 4.69. The topological polar surface area (TPSA) is 46.5 Å². The maximum Gasteiger partial charge on any atom is 0.303 e. The second-order valence-corrected chi connectivity index (χ2v) is 3.25. The lowest BCUT2D eigenvalue weighted by Gasteiger charge is -2.06. The molecule has 0 spiro atoms. The molecule has 0 aromatic heterocycles. The molecule has 5 heteroatoms. The van der Waals surface area contributed by atoms with Crippen LogP contribution in [0.2, 0.25) is 0 Å². The van der Waals surface area contributed by atoms with E-state index in [1.165, 1.54) is 12.1 Å². The number of aliphatic carboxylic acids is 1. The Labute approximate surface area is 91.7 Å². The van der Waals surface area contributed by atoms with Gasteiger partial charge < -0.3 is 9.84 Å².